The van der Waals surface area contributed by atoms with Crippen LogP contribution < -0.4 is 5.32 Å². The van der Waals surface area contributed by atoms with Crippen molar-refractivity contribution in [2.45, 2.75) is 43.5 Å². The van der Waals surface area contributed by atoms with Gasteiger partial charge in [-0.25, -0.2) is 0 Å². The second-order valence-electron chi connectivity index (χ2n) is 5.87. The Hall–Kier alpha value is -0.960. The Morgan fingerprint density at radius 3 is 2.32 bits per heavy atom. The van der Waals surface area contributed by atoms with Crippen LogP contribution in [0.4, 0.5) is 0 Å². The van der Waals surface area contributed by atoms with E-state index in [9.17, 15) is 4.79 Å². The van der Waals surface area contributed by atoms with Crippen molar-refractivity contribution in [3.05, 3.63) is 29.8 Å². The molecule has 3 heteroatoms. The Kier molecular flexibility index (Phi) is 3.83. The number of carbonyl (C=O) groups is 1. The van der Waals surface area contributed by atoms with E-state index >= 15 is 0 Å². The van der Waals surface area contributed by atoms with Crippen LogP contribution in [-0.2, 0) is 4.79 Å². The molecule has 2 saturated carbocycles. The van der Waals surface area contributed by atoms with Crippen LogP contribution in [0.3, 0.4) is 0 Å². The third-order valence-corrected chi connectivity index (χ3v) is 4.99. The van der Waals surface area contributed by atoms with E-state index in [1.807, 2.05) is 0 Å². The highest BCUT2D eigenvalue weighted by Gasteiger charge is 2.42. The first-order chi connectivity index (χ1) is 9.22. The lowest BCUT2D eigenvalue weighted by Gasteiger charge is -2.17. The fourth-order valence-corrected chi connectivity index (χ4v) is 3.25. The first-order valence-electron chi connectivity index (χ1n) is 7.21. The third kappa shape index (κ3) is 3.75. The van der Waals surface area contributed by atoms with Crippen molar-refractivity contribution in [3.63, 3.8) is 0 Å². The quantitative estimate of drug-likeness (QED) is 0.806. The van der Waals surface area contributed by atoms with Gasteiger partial charge in [0.05, 0.1) is 5.75 Å². The fourth-order valence-electron chi connectivity index (χ4n) is 2.54. The molecule has 1 N–H and O–H groups in total. The molecule has 3 rings (SSSR count). The van der Waals surface area contributed by atoms with Gasteiger partial charge in [0.15, 0.2) is 0 Å². The van der Waals surface area contributed by atoms with Gasteiger partial charge in [-0.05, 0) is 56.6 Å². The molecule has 0 spiro atoms. The Labute approximate surface area is 119 Å². The van der Waals surface area contributed by atoms with Crippen LogP contribution in [0.5, 0.6) is 0 Å². The van der Waals surface area contributed by atoms with Crippen LogP contribution in [-0.4, -0.2) is 17.7 Å². The minimum absolute atomic E-state index is 0.203. The van der Waals surface area contributed by atoms with Crippen LogP contribution in [0.15, 0.2) is 29.2 Å². The number of rotatable bonds is 6. The van der Waals surface area contributed by atoms with E-state index in [1.54, 1.807) is 11.8 Å². The number of benzene rings is 1. The summed E-state index contributed by atoms with van der Waals surface area (Å²) in [5, 5.41) is 3.26. The lowest BCUT2D eigenvalue weighted by molar-refractivity contribution is -0.119. The van der Waals surface area contributed by atoms with Gasteiger partial charge >= 0.3 is 0 Å². The summed E-state index contributed by atoms with van der Waals surface area (Å²) in [7, 11) is 0. The molecule has 19 heavy (non-hydrogen) atoms. The monoisotopic (exact) mass is 275 g/mol. The van der Waals surface area contributed by atoms with Gasteiger partial charge in [-0.15, -0.1) is 11.8 Å². The van der Waals surface area contributed by atoms with Gasteiger partial charge < -0.3 is 5.32 Å². The minimum Gasteiger partial charge on any atom is -0.352 e. The van der Waals surface area contributed by atoms with E-state index < -0.39 is 0 Å². The Morgan fingerprint density at radius 1 is 1.21 bits per heavy atom. The summed E-state index contributed by atoms with van der Waals surface area (Å²) < 4.78 is 0. The predicted octanol–water partition coefficient (Wildman–Crippen LogP) is 3.39. The molecular weight excluding hydrogens is 254 g/mol. The zero-order valence-electron chi connectivity index (χ0n) is 11.4. The van der Waals surface area contributed by atoms with Crippen molar-refractivity contribution in [2.24, 2.45) is 11.8 Å². The molecule has 2 fully saturated rings. The number of carbonyl (C=O) groups excluding carboxylic acids is 1. The molecule has 1 aromatic carbocycles. The van der Waals surface area contributed by atoms with Gasteiger partial charge in [-0.3, -0.25) is 4.79 Å². The molecule has 2 aliphatic rings. The summed E-state index contributed by atoms with van der Waals surface area (Å²) >= 11 is 1.63. The molecule has 0 aromatic heterocycles. The van der Waals surface area contributed by atoms with Crippen molar-refractivity contribution in [1.29, 1.82) is 0 Å². The van der Waals surface area contributed by atoms with Crippen LogP contribution in [0, 0.1) is 18.8 Å². The molecular formula is C16H21NOS. The molecule has 102 valence electrons. The molecule has 0 unspecified atom stereocenters. The van der Waals surface area contributed by atoms with Gasteiger partial charge in [-0.2, -0.15) is 0 Å². The summed E-state index contributed by atoms with van der Waals surface area (Å²) in [5.74, 6) is 2.30. The van der Waals surface area contributed by atoms with Crippen LogP contribution in [0.25, 0.3) is 0 Å². The zero-order chi connectivity index (χ0) is 13.2. The molecule has 0 heterocycles. The third-order valence-electron chi connectivity index (χ3n) is 3.98. The van der Waals surface area contributed by atoms with E-state index in [2.05, 4.69) is 36.5 Å². The largest absolute Gasteiger partial charge is 0.352 e. The number of thioether (sulfide) groups is 1. The SMILES string of the molecule is Cc1ccc(SCC(=O)NC(C2CC2)C2CC2)cc1. The second-order valence-corrected chi connectivity index (χ2v) is 6.92. The lowest BCUT2D eigenvalue weighted by atomic mass is 10.1. The normalized spacial score (nSPS) is 18.6. The maximum Gasteiger partial charge on any atom is 0.230 e. The number of hydrogen-bond acceptors (Lipinski definition) is 2. The van der Waals surface area contributed by atoms with Gasteiger partial charge in [-0.1, -0.05) is 17.7 Å². The van der Waals surface area contributed by atoms with Gasteiger partial charge in [0.1, 0.15) is 0 Å². The first kappa shape index (κ1) is 13.0. The van der Waals surface area contributed by atoms with Crippen molar-refractivity contribution < 1.29 is 4.79 Å². The summed E-state index contributed by atoms with van der Waals surface area (Å²) in [4.78, 5) is 13.2. The first-order valence-corrected chi connectivity index (χ1v) is 8.20. The lowest BCUT2D eigenvalue weighted by Crippen LogP contribution is -2.39. The molecule has 0 atom stereocenters. The smallest absolute Gasteiger partial charge is 0.230 e. The summed E-state index contributed by atoms with van der Waals surface area (Å²) in [6.45, 7) is 2.08. The van der Waals surface area contributed by atoms with Gasteiger partial charge in [0.25, 0.3) is 0 Å². The van der Waals surface area contributed by atoms with Gasteiger partial charge in [0.2, 0.25) is 5.91 Å². The van der Waals surface area contributed by atoms with Crippen molar-refractivity contribution in [3.8, 4) is 0 Å². The van der Waals surface area contributed by atoms with E-state index in [1.165, 1.54) is 36.1 Å². The van der Waals surface area contributed by atoms with Gasteiger partial charge in [0, 0.05) is 10.9 Å². The molecule has 0 aliphatic heterocycles. The number of nitrogens with one attached hydrogen (secondary N) is 1. The molecule has 2 nitrogen and oxygen atoms in total. The van der Waals surface area contributed by atoms with Crippen LogP contribution in [0.2, 0.25) is 0 Å². The topological polar surface area (TPSA) is 29.1 Å². The molecule has 0 bridgehead atoms. The average Bonchev–Trinajstić information content (AvgIpc) is 3.29. The number of hydrogen-bond donors (Lipinski definition) is 1. The highest BCUT2D eigenvalue weighted by Crippen LogP contribution is 2.44. The summed E-state index contributed by atoms with van der Waals surface area (Å²) in [6.07, 6.45) is 5.25. The van der Waals surface area contributed by atoms with Crippen LogP contribution >= 0.6 is 11.8 Å². The summed E-state index contributed by atoms with van der Waals surface area (Å²) in [6, 6.07) is 8.85. The average molecular weight is 275 g/mol. The maximum atomic E-state index is 12.0. The van der Waals surface area contributed by atoms with E-state index in [4.69, 9.17) is 0 Å². The van der Waals surface area contributed by atoms with Crippen molar-refractivity contribution >= 4 is 17.7 Å². The fraction of sp³-hybridized carbons (Fsp3) is 0.562. The van der Waals surface area contributed by atoms with E-state index in [0.717, 1.165) is 11.8 Å². The highest BCUT2D eigenvalue weighted by atomic mass is 32.2. The Bertz CT molecular complexity index is 436. The molecule has 1 amide bonds. The zero-order valence-corrected chi connectivity index (χ0v) is 12.2. The number of aryl methyl sites for hydroxylation is 1. The Morgan fingerprint density at radius 2 is 1.79 bits per heavy atom. The number of amides is 1. The Balaban J connectivity index is 1.46. The highest BCUT2D eigenvalue weighted by molar-refractivity contribution is 8.00. The molecule has 0 radical (unpaired) electrons. The van der Waals surface area contributed by atoms with Crippen molar-refractivity contribution in [2.75, 3.05) is 5.75 Å². The minimum atomic E-state index is 0.203. The molecule has 1 aromatic rings. The van der Waals surface area contributed by atoms with Crippen molar-refractivity contribution in [1.82, 2.24) is 5.32 Å². The second kappa shape index (κ2) is 5.58. The van der Waals surface area contributed by atoms with E-state index in [0.29, 0.717) is 11.8 Å². The summed E-state index contributed by atoms with van der Waals surface area (Å²) in [5.41, 5.74) is 1.26. The maximum absolute atomic E-state index is 12.0. The van der Waals surface area contributed by atoms with E-state index in [-0.39, 0.29) is 5.91 Å². The predicted molar refractivity (Wildman–Crippen MR) is 79.3 cm³/mol. The molecule has 2 aliphatic carbocycles. The van der Waals surface area contributed by atoms with Crippen LogP contribution in [0.1, 0.15) is 31.2 Å². The molecule has 0 saturated heterocycles. The standard InChI is InChI=1S/C16H21NOS/c1-11-2-8-14(9-3-11)19-10-15(18)17-16(12-4-5-12)13-6-7-13/h2-3,8-9,12-13,16H,4-7,10H2,1H3,(H,17,18).